The van der Waals surface area contributed by atoms with E-state index >= 15 is 0 Å². The first-order chi connectivity index (χ1) is 12.5. The summed E-state index contributed by atoms with van der Waals surface area (Å²) in [5.74, 6) is 0.439. The summed E-state index contributed by atoms with van der Waals surface area (Å²) >= 11 is 6.14. The Hall–Kier alpha value is -2.73. The SMILES string of the molecule is COc1cccc(NC(=O)C2CC(=O)N(c3ccc(OC)c(Cl)c3)C2)c1. The molecule has 26 heavy (non-hydrogen) atoms. The van der Waals surface area contributed by atoms with Gasteiger partial charge in [-0.3, -0.25) is 9.59 Å². The van der Waals surface area contributed by atoms with Crippen LogP contribution in [0.2, 0.25) is 5.02 Å². The van der Waals surface area contributed by atoms with Crippen LogP contribution in [0.5, 0.6) is 11.5 Å². The molecule has 1 fully saturated rings. The van der Waals surface area contributed by atoms with Gasteiger partial charge in [0.05, 0.1) is 25.2 Å². The maximum Gasteiger partial charge on any atom is 0.229 e. The zero-order valence-corrected chi connectivity index (χ0v) is 15.2. The first-order valence-corrected chi connectivity index (χ1v) is 8.48. The van der Waals surface area contributed by atoms with Crippen LogP contribution >= 0.6 is 11.6 Å². The van der Waals surface area contributed by atoms with Crippen LogP contribution in [0.3, 0.4) is 0 Å². The van der Waals surface area contributed by atoms with Crippen molar-refractivity contribution in [2.75, 3.05) is 31.0 Å². The van der Waals surface area contributed by atoms with E-state index in [2.05, 4.69) is 5.32 Å². The van der Waals surface area contributed by atoms with E-state index in [1.165, 1.54) is 7.11 Å². The fourth-order valence-corrected chi connectivity index (χ4v) is 3.15. The summed E-state index contributed by atoms with van der Waals surface area (Å²) in [6.07, 6.45) is 0.152. The number of hydrogen-bond donors (Lipinski definition) is 1. The van der Waals surface area contributed by atoms with E-state index in [9.17, 15) is 9.59 Å². The predicted octanol–water partition coefficient (Wildman–Crippen LogP) is 3.35. The van der Waals surface area contributed by atoms with E-state index < -0.39 is 5.92 Å². The van der Waals surface area contributed by atoms with Crippen LogP contribution in [-0.2, 0) is 9.59 Å². The van der Waals surface area contributed by atoms with Gasteiger partial charge in [-0.15, -0.1) is 0 Å². The molecule has 3 rings (SSSR count). The Balaban J connectivity index is 1.70. The Morgan fingerprint density at radius 1 is 1.19 bits per heavy atom. The number of nitrogens with zero attached hydrogens (tertiary/aromatic N) is 1. The van der Waals surface area contributed by atoms with E-state index in [1.54, 1.807) is 54.5 Å². The second-order valence-electron chi connectivity index (χ2n) is 5.95. The minimum atomic E-state index is -0.436. The van der Waals surface area contributed by atoms with Crippen molar-refractivity contribution in [1.82, 2.24) is 0 Å². The van der Waals surface area contributed by atoms with Crippen LogP contribution in [0.15, 0.2) is 42.5 Å². The van der Waals surface area contributed by atoms with Gasteiger partial charge in [0.2, 0.25) is 11.8 Å². The lowest BCUT2D eigenvalue weighted by Gasteiger charge is -2.18. The molecule has 2 amide bonds. The van der Waals surface area contributed by atoms with Crippen molar-refractivity contribution in [3.63, 3.8) is 0 Å². The molecule has 7 heteroatoms. The molecule has 1 saturated heterocycles. The number of rotatable bonds is 5. The first-order valence-electron chi connectivity index (χ1n) is 8.10. The summed E-state index contributed by atoms with van der Waals surface area (Å²) in [6.45, 7) is 0.303. The summed E-state index contributed by atoms with van der Waals surface area (Å²) in [4.78, 5) is 26.5. The summed E-state index contributed by atoms with van der Waals surface area (Å²) in [7, 11) is 3.09. The first kappa shape index (κ1) is 18.1. The molecule has 0 spiro atoms. The van der Waals surface area contributed by atoms with E-state index in [-0.39, 0.29) is 18.2 Å². The summed E-state index contributed by atoms with van der Waals surface area (Å²) in [6, 6.07) is 12.2. The van der Waals surface area contributed by atoms with E-state index in [1.807, 2.05) is 0 Å². The molecule has 0 bridgehead atoms. The third-order valence-corrected chi connectivity index (χ3v) is 4.58. The van der Waals surface area contributed by atoms with Crippen molar-refractivity contribution in [1.29, 1.82) is 0 Å². The zero-order chi connectivity index (χ0) is 18.7. The van der Waals surface area contributed by atoms with Gasteiger partial charge in [-0.1, -0.05) is 17.7 Å². The minimum Gasteiger partial charge on any atom is -0.497 e. The Morgan fingerprint density at radius 2 is 2.00 bits per heavy atom. The highest BCUT2D eigenvalue weighted by Crippen LogP contribution is 2.32. The van der Waals surface area contributed by atoms with Crippen molar-refractivity contribution >= 4 is 34.8 Å². The van der Waals surface area contributed by atoms with Crippen molar-refractivity contribution in [2.24, 2.45) is 5.92 Å². The summed E-state index contributed by atoms with van der Waals surface area (Å²) < 4.78 is 10.3. The molecule has 1 N–H and O–H groups in total. The van der Waals surface area contributed by atoms with Gasteiger partial charge in [-0.2, -0.15) is 0 Å². The Bertz CT molecular complexity index is 840. The highest BCUT2D eigenvalue weighted by molar-refractivity contribution is 6.32. The fourth-order valence-electron chi connectivity index (χ4n) is 2.90. The van der Waals surface area contributed by atoms with Gasteiger partial charge in [0.1, 0.15) is 11.5 Å². The van der Waals surface area contributed by atoms with Crippen molar-refractivity contribution in [3.8, 4) is 11.5 Å². The lowest BCUT2D eigenvalue weighted by Crippen LogP contribution is -2.28. The van der Waals surface area contributed by atoms with Gasteiger partial charge in [0.15, 0.2) is 0 Å². The third kappa shape index (κ3) is 3.75. The number of methoxy groups -OCH3 is 2. The predicted molar refractivity (Wildman–Crippen MR) is 100 cm³/mol. The van der Waals surface area contributed by atoms with Crippen LogP contribution in [0.1, 0.15) is 6.42 Å². The number of ether oxygens (including phenoxy) is 2. The molecular formula is C19H19ClN2O4. The smallest absolute Gasteiger partial charge is 0.229 e. The molecule has 0 aliphatic carbocycles. The monoisotopic (exact) mass is 374 g/mol. The summed E-state index contributed by atoms with van der Waals surface area (Å²) in [5.41, 5.74) is 1.28. The number of benzene rings is 2. The molecular weight excluding hydrogens is 356 g/mol. The number of amides is 2. The number of anilines is 2. The van der Waals surface area contributed by atoms with Crippen LogP contribution in [0.4, 0.5) is 11.4 Å². The van der Waals surface area contributed by atoms with Gasteiger partial charge in [0.25, 0.3) is 0 Å². The molecule has 1 aliphatic rings. The lowest BCUT2D eigenvalue weighted by molar-refractivity contribution is -0.122. The van der Waals surface area contributed by atoms with E-state index in [4.69, 9.17) is 21.1 Å². The standard InChI is InChI=1S/C19H19ClN2O4/c1-25-15-5-3-4-13(9-15)21-19(24)12-8-18(23)22(11-12)14-6-7-17(26-2)16(20)10-14/h3-7,9-10,12H,8,11H2,1-2H3,(H,21,24). The molecule has 0 radical (unpaired) electrons. The fraction of sp³-hybridized carbons (Fsp3) is 0.263. The van der Waals surface area contributed by atoms with Crippen LogP contribution in [0, 0.1) is 5.92 Å². The maximum atomic E-state index is 12.5. The Kier molecular flexibility index (Phi) is 5.32. The van der Waals surface area contributed by atoms with Crippen LogP contribution < -0.4 is 19.7 Å². The quantitative estimate of drug-likeness (QED) is 0.871. The van der Waals surface area contributed by atoms with Gasteiger partial charge >= 0.3 is 0 Å². The largest absolute Gasteiger partial charge is 0.497 e. The van der Waals surface area contributed by atoms with Gasteiger partial charge in [0, 0.05) is 30.4 Å². The molecule has 136 valence electrons. The molecule has 6 nitrogen and oxygen atoms in total. The second-order valence-corrected chi connectivity index (χ2v) is 6.35. The molecule has 1 atom stereocenters. The normalized spacial score (nSPS) is 16.5. The van der Waals surface area contributed by atoms with Crippen molar-refractivity contribution in [2.45, 2.75) is 6.42 Å². The van der Waals surface area contributed by atoms with Gasteiger partial charge < -0.3 is 19.7 Å². The number of carbonyl (C=O) groups excluding carboxylic acids is 2. The average Bonchev–Trinajstić information content (AvgIpc) is 3.03. The zero-order valence-electron chi connectivity index (χ0n) is 14.5. The van der Waals surface area contributed by atoms with Crippen molar-refractivity contribution < 1.29 is 19.1 Å². The number of carbonyl (C=O) groups is 2. The highest BCUT2D eigenvalue weighted by Gasteiger charge is 2.35. The Labute approximate surface area is 156 Å². The molecule has 1 heterocycles. The molecule has 2 aromatic carbocycles. The third-order valence-electron chi connectivity index (χ3n) is 4.28. The molecule has 2 aromatic rings. The summed E-state index contributed by atoms with van der Waals surface area (Å²) in [5, 5.41) is 3.26. The van der Waals surface area contributed by atoms with E-state index in [0.717, 1.165) is 0 Å². The lowest BCUT2D eigenvalue weighted by atomic mass is 10.1. The molecule has 1 aliphatic heterocycles. The Morgan fingerprint density at radius 3 is 2.69 bits per heavy atom. The molecule has 0 saturated carbocycles. The molecule has 0 aromatic heterocycles. The number of hydrogen-bond acceptors (Lipinski definition) is 4. The van der Waals surface area contributed by atoms with Gasteiger partial charge in [-0.25, -0.2) is 0 Å². The van der Waals surface area contributed by atoms with E-state index in [0.29, 0.717) is 34.4 Å². The second kappa shape index (κ2) is 7.66. The average molecular weight is 375 g/mol. The van der Waals surface area contributed by atoms with Crippen molar-refractivity contribution in [3.05, 3.63) is 47.5 Å². The number of halogens is 1. The number of nitrogens with one attached hydrogen (secondary N) is 1. The minimum absolute atomic E-state index is 0.114. The van der Waals surface area contributed by atoms with Crippen LogP contribution in [-0.4, -0.2) is 32.6 Å². The highest BCUT2D eigenvalue weighted by atomic mass is 35.5. The molecule has 1 unspecified atom stereocenters. The van der Waals surface area contributed by atoms with Gasteiger partial charge in [-0.05, 0) is 30.3 Å². The van der Waals surface area contributed by atoms with Crippen LogP contribution in [0.25, 0.3) is 0 Å². The topological polar surface area (TPSA) is 67.9 Å². The maximum absolute atomic E-state index is 12.5.